The number of carbonyl (C=O) groups excluding carboxylic acids is 1. The van der Waals surface area contributed by atoms with E-state index in [-0.39, 0.29) is 17.2 Å². The van der Waals surface area contributed by atoms with Gasteiger partial charge in [-0.1, -0.05) is 61.5 Å². The van der Waals surface area contributed by atoms with Crippen molar-refractivity contribution < 1.29 is 18.3 Å². The largest absolute Gasteiger partial charge is 0.469 e. The summed E-state index contributed by atoms with van der Waals surface area (Å²) in [5, 5.41) is 7.96. The fourth-order valence-electron chi connectivity index (χ4n) is 2.80. The van der Waals surface area contributed by atoms with Crippen LogP contribution in [0.5, 0.6) is 0 Å². The molecule has 1 atom stereocenters. The van der Waals surface area contributed by atoms with Gasteiger partial charge in [0.1, 0.15) is 17.6 Å². The molecule has 0 aliphatic heterocycles. The molecule has 3 rings (SSSR count). The van der Waals surface area contributed by atoms with Gasteiger partial charge in [-0.2, -0.15) is 5.10 Å². The molecule has 1 aromatic heterocycles. The van der Waals surface area contributed by atoms with Crippen LogP contribution in [0.3, 0.4) is 0 Å². The molecule has 6 heteroatoms. The first-order chi connectivity index (χ1) is 14.6. The summed E-state index contributed by atoms with van der Waals surface area (Å²) in [6.07, 6.45) is 2.13. The number of aromatic nitrogens is 2. The molecule has 4 nitrogen and oxygen atoms in total. The third-order valence-electron chi connectivity index (χ3n) is 3.88. The summed E-state index contributed by atoms with van der Waals surface area (Å²) in [5.41, 5.74) is 1.27. The van der Waals surface area contributed by atoms with E-state index < -0.39 is 17.6 Å². The van der Waals surface area contributed by atoms with Crippen molar-refractivity contribution in [2.45, 2.75) is 80.6 Å². The second-order valence-electron chi connectivity index (χ2n) is 5.20. The molecule has 0 radical (unpaired) electrons. The minimum Gasteiger partial charge on any atom is -0.469 e. The van der Waals surface area contributed by atoms with Gasteiger partial charge in [0, 0.05) is 0 Å². The molecule has 0 amide bonds. The number of fused-ring (bicyclic) bond motifs is 1. The molecule has 1 aliphatic rings. The van der Waals surface area contributed by atoms with Gasteiger partial charge in [-0.15, -0.1) is 5.10 Å². The molecule has 30 heavy (non-hydrogen) atoms. The van der Waals surface area contributed by atoms with Crippen LogP contribution in [0.2, 0.25) is 0 Å². The molecule has 2 aromatic rings. The van der Waals surface area contributed by atoms with Crippen molar-refractivity contribution in [3.05, 3.63) is 47.2 Å². The maximum Gasteiger partial charge on any atom is 0.314 e. The lowest BCUT2D eigenvalue weighted by Crippen LogP contribution is -2.22. The van der Waals surface area contributed by atoms with Crippen LogP contribution in [-0.4, -0.2) is 23.3 Å². The Morgan fingerprint density at radius 3 is 2.00 bits per heavy atom. The Labute approximate surface area is 181 Å². The number of hydrogen-bond donors (Lipinski definition) is 0. The Morgan fingerprint density at radius 1 is 0.967 bits per heavy atom. The number of halogens is 2. The van der Waals surface area contributed by atoms with Crippen molar-refractivity contribution in [2.24, 2.45) is 0 Å². The monoisotopic (exact) mass is 424 g/mol. The number of benzene rings is 1. The summed E-state index contributed by atoms with van der Waals surface area (Å²) < 4.78 is 32.5. The average molecular weight is 425 g/mol. The molecule has 170 valence electrons. The minimum absolute atomic E-state index is 0.139. The maximum atomic E-state index is 13.8. The smallest absolute Gasteiger partial charge is 0.314 e. The van der Waals surface area contributed by atoms with Crippen molar-refractivity contribution in [2.75, 3.05) is 7.11 Å². The van der Waals surface area contributed by atoms with Crippen LogP contribution >= 0.6 is 0 Å². The van der Waals surface area contributed by atoms with E-state index in [9.17, 15) is 13.6 Å². The van der Waals surface area contributed by atoms with E-state index >= 15 is 0 Å². The summed E-state index contributed by atoms with van der Waals surface area (Å²) in [4.78, 5) is 11.8. The summed E-state index contributed by atoms with van der Waals surface area (Å²) >= 11 is 0. The third-order valence-corrected chi connectivity index (χ3v) is 3.88. The molecule has 1 heterocycles. The Balaban J connectivity index is 0. The van der Waals surface area contributed by atoms with Crippen molar-refractivity contribution in [1.29, 1.82) is 0 Å². The number of aryl methyl sites for hydroxylation is 1. The lowest BCUT2D eigenvalue weighted by atomic mass is 9.86. The molecule has 0 fully saturated rings. The van der Waals surface area contributed by atoms with Crippen LogP contribution in [0.1, 0.15) is 85.4 Å². The maximum absolute atomic E-state index is 13.8. The number of methoxy groups -OCH3 is 1. The molecule has 1 unspecified atom stereocenters. The quantitative estimate of drug-likeness (QED) is 0.482. The van der Waals surface area contributed by atoms with Crippen LogP contribution in [0, 0.1) is 11.6 Å². The Morgan fingerprint density at radius 2 is 1.50 bits per heavy atom. The van der Waals surface area contributed by atoms with E-state index in [2.05, 4.69) is 10.2 Å². The minimum atomic E-state index is -0.686. The van der Waals surface area contributed by atoms with Gasteiger partial charge < -0.3 is 4.74 Å². The molecule has 0 saturated carbocycles. The second kappa shape index (κ2) is 17.5. The predicted molar refractivity (Wildman–Crippen MR) is 120 cm³/mol. The van der Waals surface area contributed by atoms with Crippen molar-refractivity contribution in [3.8, 4) is 11.3 Å². The lowest BCUT2D eigenvalue weighted by molar-refractivity contribution is -0.142. The Hall–Kier alpha value is -2.37. The van der Waals surface area contributed by atoms with Crippen molar-refractivity contribution >= 4 is 5.97 Å². The van der Waals surface area contributed by atoms with Gasteiger partial charge in [0.05, 0.1) is 24.1 Å². The lowest BCUT2D eigenvalue weighted by Gasteiger charge is -2.22. The second-order valence-corrected chi connectivity index (χ2v) is 5.20. The molecule has 1 aromatic carbocycles. The van der Waals surface area contributed by atoms with Gasteiger partial charge in [-0.25, -0.2) is 8.78 Å². The van der Waals surface area contributed by atoms with Crippen LogP contribution in [0.15, 0.2) is 24.3 Å². The summed E-state index contributed by atoms with van der Waals surface area (Å²) in [6, 6.07) is 5.26. The molecule has 1 aliphatic carbocycles. The zero-order chi connectivity index (χ0) is 23.7. The van der Waals surface area contributed by atoms with Crippen LogP contribution in [-0.2, 0) is 16.0 Å². The number of nitrogens with zero attached hydrogens (tertiary/aromatic N) is 2. The van der Waals surface area contributed by atoms with Crippen LogP contribution < -0.4 is 0 Å². The zero-order valence-corrected chi connectivity index (χ0v) is 20.0. The summed E-state index contributed by atoms with van der Waals surface area (Å²) in [7, 11) is 1.33. The van der Waals surface area contributed by atoms with Gasteiger partial charge in [0.15, 0.2) is 0 Å². The highest BCUT2D eigenvalue weighted by molar-refractivity contribution is 5.78. The first kappa shape index (κ1) is 29.8. The van der Waals surface area contributed by atoms with E-state index in [0.29, 0.717) is 18.5 Å². The fraction of sp³-hybridized carbons (Fsp3) is 0.542. The molecule has 0 bridgehead atoms. The van der Waals surface area contributed by atoms with Gasteiger partial charge in [0.25, 0.3) is 0 Å². The summed E-state index contributed by atoms with van der Waals surface area (Å²) in [5.74, 6) is -2.19. The number of esters is 1. The zero-order valence-electron chi connectivity index (χ0n) is 20.0. The van der Waals surface area contributed by atoms with Gasteiger partial charge in [-0.05, 0) is 43.0 Å². The van der Waals surface area contributed by atoms with Crippen molar-refractivity contribution in [3.63, 3.8) is 0 Å². The first-order valence-corrected chi connectivity index (χ1v) is 11.0. The number of carbonyl (C=O) groups is 1. The molecule has 0 N–H and O–H groups in total. The van der Waals surface area contributed by atoms with Crippen molar-refractivity contribution in [1.82, 2.24) is 10.2 Å². The number of rotatable bonds is 2. The van der Waals surface area contributed by atoms with E-state index in [4.69, 9.17) is 4.74 Å². The van der Waals surface area contributed by atoms with Crippen LogP contribution in [0.4, 0.5) is 8.78 Å². The highest BCUT2D eigenvalue weighted by atomic mass is 19.1. The topological polar surface area (TPSA) is 52.1 Å². The number of ether oxygens (including phenoxy) is 1. The molecular formula is C24H38F2N2O2. The molecular weight excluding hydrogens is 386 g/mol. The highest BCUT2D eigenvalue weighted by Gasteiger charge is 2.30. The number of hydrogen-bond acceptors (Lipinski definition) is 4. The molecule has 0 spiro atoms. The fourth-order valence-corrected chi connectivity index (χ4v) is 2.80. The highest BCUT2D eigenvalue weighted by Crippen LogP contribution is 2.33. The SMILES string of the molecule is CC.CC.CC.CC.COC(=O)C1CCCc2cc(-c3c(F)cccc3F)nnc21. The predicted octanol–water partition coefficient (Wildman–Crippen LogP) is 7.12. The van der Waals surface area contributed by atoms with E-state index in [1.54, 1.807) is 6.07 Å². The summed E-state index contributed by atoms with van der Waals surface area (Å²) in [6.45, 7) is 16.0. The van der Waals surface area contributed by atoms with Crippen LogP contribution in [0.25, 0.3) is 11.3 Å². The van der Waals surface area contributed by atoms with E-state index in [1.807, 2.05) is 55.4 Å². The van der Waals surface area contributed by atoms with E-state index in [1.165, 1.54) is 25.3 Å². The Bertz CT molecular complexity index is 717. The Kier molecular flexibility index (Phi) is 17.4. The van der Waals surface area contributed by atoms with Gasteiger partial charge >= 0.3 is 5.97 Å². The normalized spacial score (nSPS) is 13.2. The standard InChI is InChI=1S/C16H14F2N2O2.4C2H6/c1-22-16(21)10-5-2-4-9-8-13(19-20-15(9)10)14-11(17)6-3-7-12(14)18;4*1-2/h3,6-8,10H,2,4-5H2,1H3;4*1-2H3. The average Bonchev–Trinajstić information content (AvgIpc) is 2.83. The molecule has 0 saturated heterocycles. The van der Waals surface area contributed by atoms with Gasteiger partial charge in [0.2, 0.25) is 0 Å². The van der Waals surface area contributed by atoms with Gasteiger partial charge in [-0.3, -0.25) is 4.79 Å². The van der Waals surface area contributed by atoms with E-state index in [0.717, 1.165) is 12.0 Å². The first-order valence-electron chi connectivity index (χ1n) is 11.0. The third kappa shape index (κ3) is 7.81.